The van der Waals surface area contributed by atoms with Crippen LogP contribution in [0.2, 0.25) is 0 Å². The fourth-order valence-corrected chi connectivity index (χ4v) is 2.44. The van der Waals surface area contributed by atoms with Crippen LogP contribution in [0.1, 0.15) is 29.8 Å². The van der Waals surface area contributed by atoms with Crippen molar-refractivity contribution in [1.29, 1.82) is 5.26 Å². The molecule has 7 nitrogen and oxygen atoms in total. The quantitative estimate of drug-likeness (QED) is 0.674. The number of ether oxygens (including phenoxy) is 1. The van der Waals surface area contributed by atoms with Crippen molar-refractivity contribution in [1.82, 2.24) is 9.97 Å². The molecule has 0 atom stereocenters. The molecular weight excluding hydrogens is 354 g/mol. The minimum absolute atomic E-state index is 0.0335. The molecule has 0 unspecified atom stereocenters. The van der Waals surface area contributed by atoms with Gasteiger partial charge in [-0.1, -0.05) is 24.3 Å². The molecule has 3 aromatic rings. The molecular formula is C21H19N5O2. The van der Waals surface area contributed by atoms with Gasteiger partial charge in [0.15, 0.2) is 0 Å². The van der Waals surface area contributed by atoms with E-state index in [2.05, 4.69) is 20.6 Å². The van der Waals surface area contributed by atoms with Crippen molar-refractivity contribution in [3.63, 3.8) is 0 Å². The number of hydrogen-bond donors (Lipinski definition) is 2. The first-order valence-corrected chi connectivity index (χ1v) is 8.72. The van der Waals surface area contributed by atoms with Crippen molar-refractivity contribution < 1.29 is 9.53 Å². The third kappa shape index (κ3) is 4.62. The van der Waals surface area contributed by atoms with Gasteiger partial charge < -0.3 is 15.4 Å². The van der Waals surface area contributed by atoms with Crippen molar-refractivity contribution in [2.24, 2.45) is 0 Å². The zero-order valence-corrected chi connectivity index (χ0v) is 15.5. The van der Waals surface area contributed by atoms with Crippen LogP contribution in [-0.4, -0.2) is 22.0 Å². The van der Waals surface area contributed by atoms with Gasteiger partial charge in [0.1, 0.15) is 11.8 Å². The average molecular weight is 373 g/mol. The molecule has 2 aromatic carbocycles. The summed E-state index contributed by atoms with van der Waals surface area (Å²) in [5.41, 5.74) is 1.84. The summed E-state index contributed by atoms with van der Waals surface area (Å²) in [6, 6.07) is 16.3. The van der Waals surface area contributed by atoms with Crippen molar-refractivity contribution in [2.45, 2.75) is 20.0 Å². The van der Waals surface area contributed by atoms with Crippen molar-refractivity contribution in [3.05, 3.63) is 72.1 Å². The minimum atomic E-state index is -0.391. The SMILES string of the molecule is CC(C)Oc1ccccc1Nc1ncc(C(=O)Nc2ccccc2C#N)cn1. The number of anilines is 3. The molecule has 1 heterocycles. The number of nitrogens with zero attached hydrogens (tertiary/aromatic N) is 3. The first-order chi connectivity index (χ1) is 13.6. The van der Waals surface area contributed by atoms with Gasteiger partial charge in [-0.3, -0.25) is 4.79 Å². The van der Waals surface area contributed by atoms with Crippen LogP contribution in [-0.2, 0) is 0 Å². The zero-order valence-electron chi connectivity index (χ0n) is 15.5. The largest absolute Gasteiger partial charge is 0.489 e. The van der Waals surface area contributed by atoms with Crippen LogP contribution in [0.25, 0.3) is 0 Å². The predicted molar refractivity (Wildman–Crippen MR) is 107 cm³/mol. The molecule has 0 radical (unpaired) electrons. The van der Waals surface area contributed by atoms with Crippen LogP contribution >= 0.6 is 0 Å². The lowest BCUT2D eigenvalue weighted by Crippen LogP contribution is -2.14. The molecule has 0 saturated heterocycles. The van der Waals surface area contributed by atoms with E-state index in [1.165, 1.54) is 12.4 Å². The highest BCUT2D eigenvalue weighted by Crippen LogP contribution is 2.27. The molecule has 0 spiro atoms. The van der Waals surface area contributed by atoms with Gasteiger partial charge in [0.2, 0.25) is 5.95 Å². The first-order valence-electron chi connectivity index (χ1n) is 8.72. The third-order valence-electron chi connectivity index (χ3n) is 3.71. The van der Waals surface area contributed by atoms with E-state index in [0.717, 1.165) is 5.69 Å². The van der Waals surface area contributed by atoms with Crippen molar-refractivity contribution in [2.75, 3.05) is 10.6 Å². The Kier molecular flexibility index (Phi) is 5.82. The summed E-state index contributed by atoms with van der Waals surface area (Å²) in [4.78, 5) is 20.8. The van der Waals surface area contributed by atoms with E-state index in [0.29, 0.717) is 22.9 Å². The molecule has 140 valence electrons. The van der Waals surface area contributed by atoms with E-state index in [1.54, 1.807) is 24.3 Å². The van der Waals surface area contributed by atoms with Crippen LogP contribution in [0.15, 0.2) is 60.9 Å². The van der Waals surface area contributed by atoms with Gasteiger partial charge in [-0.15, -0.1) is 0 Å². The van der Waals surface area contributed by atoms with E-state index in [4.69, 9.17) is 10.00 Å². The minimum Gasteiger partial charge on any atom is -0.489 e. The number of amides is 1. The average Bonchev–Trinajstić information content (AvgIpc) is 2.70. The Balaban J connectivity index is 1.72. The number of hydrogen-bond acceptors (Lipinski definition) is 6. The molecule has 0 aliphatic carbocycles. The Morgan fingerprint density at radius 1 is 1.04 bits per heavy atom. The second-order valence-electron chi connectivity index (χ2n) is 6.19. The normalized spacial score (nSPS) is 10.2. The van der Waals surface area contributed by atoms with Crippen LogP contribution in [0, 0.1) is 11.3 Å². The van der Waals surface area contributed by atoms with E-state index in [-0.39, 0.29) is 11.7 Å². The summed E-state index contributed by atoms with van der Waals surface area (Å²) < 4.78 is 5.76. The summed E-state index contributed by atoms with van der Waals surface area (Å²) >= 11 is 0. The second-order valence-corrected chi connectivity index (χ2v) is 6.19. The van der Waals surface area contributed by atoms with Gasteiger partial charge in [-0.25, -0.2) is 9.97 Å². The molecule has 2 N–H and O–H groups in total. The number of nitriles is 1. The zero-order chi connectivity index (χ0) is 19.9. The Labute approximate surface area is 163 Å². The standard InChI is InChI=1S/C21H19N5O2/c1-14(2)28-19-10-6-5-9-18(19)26-21-23-12-16(13-24-21)20(27)25-17-8-4-3-7-15(17)11-22/h3-10,12-14H,1-2H3,(H,25,27)(H,23,24,26). The molecule has 3 rings (SSSR count). The molecule has 1 amide bonds. The number of para-hydroxylation sites is 3. The van der Waals surface area contributed by atoms with Crippen molar-refractivity contribution >= 4 is 23.2 Å². The van der Waals surface area contributed by atoms with Gasteiger partial charge in [-0.05, 0) is 38.1 Å². The molecule has 28 heavy (non-hydrogen) atoms. The maximum Gasteiger partial charge on any atom is 0.258 e. The molecule has 0 fully saturated rings. The lowest BCUT2D eigenvalue weighted by Gasteiger charge is -2.14. The lowest BCUT2D eigenvalue weighted by atomic mass is 10.2. The third-order valence-corrected chi connectivity index (χ3v) is 3.71. The van der Waals surface area contributed by atoms with E-state index in [9.17, 15) is 4.79 Å². The van der Waals surface area contributed by atoms with E-state index in [1.807, 2.05) is 44.2 Å². The number of rotatable bonds is 6. The summed E-state index contributed by atoms with van der Waals surface area (Å²) in [5, 5.41) is 14.9. The lowest BCUT2D eigenvalue weighted by molar-refractivity contribution is 0.102. The highest BCUT2D eigenvalue weighted by Gasteiger charge is 2.11. The second kappa shape index (κ2) is 8.64. The topological polar surface area (TPSA) is 99.9 Å². The van der Waals surface area contributed by atoms with E-state index < -0.39 is 5.91 Å². The maximum absolute atomic E-state index is 12.4. The van der Waals surface area contributed by atoms with Gasteiger partial charge in [0, 0.05) is 12.4 Å². The van der Waals surface area contributed by atoms with Crippen LogP contribution in [0.5, 0.6) is 5.75 Å². The number of benzene rings is 2. The van der Waals surface area contributed by atoms with E-state index >= 15 is 0 Å². The van der Waals surface area contributed by atoms with Crippen LogP contribution in [0.4, 0.5) is 17.3 Å². The van der Waals surface area contributed by atoms with Gasteiger partial charge in [0.25, 0.3) is 5.91 Å². The molecule has 7 heteroatoms. The van der Waals surface area contributed by atoms with Gasteiger partial charge in [-0.2, -0.15) is 5.26 Å². The Bertz CT molecular complexity index is 1010. The molecule has 0 bridgehead atoms. The van der Waals surface area contributed by atoms with Gasteiger partial charge >= 0.3 is 0 Å². The molecule has 0 aliphatic rings. The first kappa shape index (κ1) is 18.9. The molecule has 0 aliphatic heterocycles. The Morgan fingerprint density at radius 3 is 2.36 bits per heavy atom. The highest BCUT2D eigenvalue weighted by atomic mass is 16.5. The van der Waals surface area contributed by atoms with Gasteiger partial charge in [0.05, 0.1) is 28.6 Å². The maximum atomic E-state index is 12.4. The van der Waals surface area contributed by atoms with Crippen molar-refractivity contribution in [3.8, 4) is 11.8 Å². The fraction of sp³-hybridized carbons (Fsp3) is 0.143. The summed E-state index contributed by atoms with van der Waals surface area (Å²) in [6.07, 6.45) is 2.88. The monoisotopic (exact) mass is 373 g/mol. The molecule has 0 saturated carbocycles. The highest BCUT2D eigenvalue weighted by molar-refractivity contribution is 6.04. The Hall–Kier alpha value is -3.92. The Morgan fingerprint density at radius 2 is 1.68 bits per heavy atom. The number of aromatic nitrogens is 2. The predicted octanol–water partition coefficient (Wildman–Crippen LogP) is 4.13. The van der Waals surface area contributed by atoms with Crippen LogP contribution in [0.3, 0.4) is 0 Å². The van der Waals surface area contributed by atoms with Crippen LogP contribution < -0.4 is 15.4 Å². The number of carbonyl (C=O) groups is 1. The molecule has 1 aromatic heterocycles. The number of nitrogens with one attached hydrogen (secondary N) is 2. The summed E-state index contributed by atoms with van der Waals surface area (Å²) in [6.45, 7) is 3.90. The number of carbonyl (C=O) groups excluding carboxylic acids is 1. The smallest absolute Gasteiger partial charge is 0.258 e. The fourth-order valence-electron chi connectivity index (χ4n) is 2.44. The summed E-state index contributed by atoms with van der Waals surface area (Å²) in [7, 11) is 0. The summed E-state index contributed by atoms with van der Waals surface area (Å²) in [5.74, 6) is 0.641.